The predicted molar refractivity (Wildman–Crippen MR) is 81.0 cm³/mol. The predicted octanol–water partition coefficient (Wildman–Crippen LogP) is 3.28. The summed E-state index contributed by atoms with van der Waals surface area (Å²) < 4.78 is 0. The smallest absolute Gasteiger partial charge is 0.307 e. The number of benzene rings is 2. The van der Waals surface area contributed by atoms with Gasteiger partial charge in [-0.2, -0.15) is 0 Å². The van der Waals surface area contributed by atoms with Gasteiger partial charge in [0, 0.05) is 11.1 Å². The van der Waals surface area contributed by atoms with E-state index in [1.807, 2.05) is 42.5 Å². The molecule has 1 aliphatic rings. The Labute approximate surface area is 122 Å². The summed E-state index contributed by atoms with van der Waals surface area (Å²) in [6, 6.07) is 13.5. The number of amides is 1. The Morgan fingerprint density at radius 3 is 2.52 bits per heavy atom. The molecule has 2 atom stereocenters. The first kappa shape index (κ1) is 13.6. The molecule has 2 aromatic carbocycles. The monoisotopic (exact) mass is 283 g/mol. The standard InChI is InChI=1S/C17H17NO3/c19-16(13-8-4-9-14(13)17(20)21)18-15-10-3-6-11-5-1-2-7-12(11)15/h1-3,5-7,10,13-14H,4,8-9H2,(H,18,19)(H,20,21)/t13-,14+/m1/s1. The molecule has 0 radical (unpaired) electrons. The quantitative estimate of drug-likeness (QED) is 0.908. The lowest BCUT2D eigenvalue weighted by atomic mass is 9.95. The van der Waals surface area contributed by atoms with Gasteiger partial charge in [0.25, 0.3) is 0 Å². The number of hydrogen-bond donors (Lipinski definition) is 2. The van der Waals surface area contributed by atoms with Crippen molar-refractivity contribution in [1.29, 1.82) is 0 Å². The fourth-order valence-corrected chi connectivity index (χ4v) is 3.13. The Bertz CT molecular complexity index is 690. The topological polar surface area (TPSA) is 66.4 Å². The molecule has 4 heteroatoms. The van der Waals surface area contributed by atoms with Gasteiger partial charge < -0.3 is 10.4 Å². The van der Waals surface area contributed by atoms with E-state index in [1.165, 1.54) is 0 Å². The van der Waals surface area contributed by atoms with E-state index in [0.29, 0.717) is 12.8 Å². The molecule has 21 heavy (non-hydrogen) atoms. The van der Waals surface area contributed by atoms with E-state index >= 15 is 0 Å². The Hall–Kier alpha value is -2.36. The summed E-state index contributed by atoms with van der Waals surface area (Å²) in [5.41, 5.74) is 0.745. The van der Waals surface area contributed by atoms with Gasteiger partial charge in [-0.15, -0.1) is 0 Å². The summed E-state index contributed by atoms with van der Waals surface area (Å²) in [6.07, 6.45) is 2.03. The third-order valence-electron chi connectivity index (χ3n) is 4.22. The second-order valence-electron chi connectivity index (χ2n) is 5.50. The average molecular weight is 283 g/mol. The molecule has 3 rings (SSSR count). The highest BCUT2D eigenvalue weighted by atomic mass is 16.4. The van der Waals surface area contributed by atoms with Crippen LogP contribution in [0, 0.1) is 11.8 Å². The Kier molecular flexibility index (Phi) is 3.60. The van der Waals surface area contributed by atoms with Crippen LogP contribution in [0.4, 0.5) is 5.69 Å². The van der Waals surface area contributed by atoms with Crippen molar-refractivity contribution in [2.24, 2.45) is 11.8 Å². The van der Waals surface area contributed by atoms with Crippen LogP contribution >= 0.6 is 0 Å². The van der Waals surface area contributed by atoms with Crippen LogP contribution in [0.3, 0.4) is 0 Å². The molecule has 0 aromatic heterocycles. The van der Waals surface area contributed by atoms with Crippen LogP contribution in [0.1, 0.15) is 19.3 Å². The molecule has 4 nitrogen and oxygen atoms in total. The second-order valence-corrected chi connectivity index (χ2v) is 5.50. The molecule has 1 aliphatic carbocycles. The number of fused-ring (bicyclic) bond motifs is 1. The van der Waals surface area contributed by atoms with Crippen molar-refractivity contribution in [3.63, 3.8) is 0 Å². The minimum atomic E-state index is -0.870. The SMILES string of the molecule is O=C(O)[C@H]1CCC[C@H]1C(=O)Nc1cccc2ccccc12. The van der Waals surface area contributed by atoms with Gasteiger partial charge >= 0.3 is 5.97 Å². The summed E-state index contributed by atoms with van der Waals surface area (Å²) in [6.45, 7) is 0. The highest BCUT2D eigenvalue weighted by molar-refractivity contribution is 6.03. The molecule has 0 aliphatic heterocycles. The van der Waals surface area contributed by atoms with E-state index < -0.39 is 17.8 Å². The molecule has 1 amide bonds. The third kappa shape index (κ3) is 2.61. The maximum atomic E-state index is 12.4. The van der Waals surface area contributed by atoms with E-state index in [-0.39, 0.29) is 5.91 Å². The summed E-state index contributed by atoms with van der Waals surface area (Å²) in [5, 5.41) is 14.1. The summed E-state index contributed by atoms with van der Waals surface area (Å²) in [4.78, 5) is 23.6. The van der Waals surface area contributed by atoms with Crippen molar-refractivity contribution in [1.82, 2.24) is 0 Å². The van der Waals surface area contributed by atoms with Gasteiger partial charge in [0.2, 0.25) is 5.91 Å². The van der Waals surface area contributed by atoms with Crippen molar-refractivity contribution >= 4 is 28.3 Å². The molecule has 1 fully saturated rings. The van der Waals surface area contributed by atoms with E-state index in [9.17, 15) is 14.7 Å². The first-order valence-corrected chi connectivity index (χ1v) is 7.18. The number of hydrogen-bond acceptors (Lipinski definition) is 2. The molecule has 2 N–H and O–H groups in total. The van der Waals surface area contributed by atoms with Gasteiger partial charge in [-0.3, -0.25) is 9.59 Å². The molecular formula is C17H17NO3. The van der Waals surface area contributed by atoms with Crippen LogP contribution in [0.2, 0.25) is 0 Å². The first-order chi connectivity index (χ1) is 10.2. The van der Waals surface area contributed by atoms with Crippen molar-refractivity contribution in [3.8, 4) is 0 Å². The van der Waals surface area contributed by atoms with Crippen LogP contribution in [-0.2, 0) is 9.59 Å². The summed E-state index contributed by atoms with van der Waals surface area (Å²) in [7, 11) is 0. The number of carboxylic acid groups (broad SMARTS) is 1. The minimum Gasteiger partial charge on any atom is -0.481 e. The molecule has 0 saturated heterocycles. The van der Waals surface area contributed by atoms with Crippen LogP contribution in [0.25, 0.3) is 10.8 Å². The fourth-order valence-electron chi connectivity index (χ4n) is 3.13. The maximum absolute atomic E-state index is 12.4. The van der Waals surface area contributed by atoms with Gasteiger partial charge in [0.15, 0.2) is 0 Å². The average Bonchev–Trinajstić information content (AvgIpc) is 2.97. The minimum absolute atomic E-state index is 0.184. The van der Waals surface area contributed by atoms with Crippen LogP contribution in [0.5, 0.6) is 0 Å². The van der Waals surface area contributed by atoms with Gasteiger partial charge in [-0.25, -0.2) is 0 Å². The van der Waals surface area contributed by atoms with Crippen LogP contribution < -0.4 is 5.32 Å². The van der Waals surface area contributed by atoms with Gasteiger partial charge in [-0.1, -0.05) is 42.8 Å². The van der Waals surface area contributed by atoms with E-state index in [0.717, 1.165) is 22.9 Å². The lowest BCUT2D eigenvalue weighted by molar-refractivity contribution is -0.145. The van der Waals surface area contributed by atoms with Gasteiger partial charge in [0.1, 0.15) is 0 Å². The molecular weight excluding hydrogens is 266 g/mol. The number of aliphatic carboxylic acids is 1. The Morgan fingerprint density at radius 1 is 1.00 bits per heavy atom. The van der Waals surface area contributed by atoms with Crippen molar-refractivity contribution in [3.05, 3.63) is 42.5 Å². The van der Waals surface area contributed by atoms with E-state index in [2.05, 4.69) is 5.32 Å². The van der Waals surface area contributed by atoms with Gasteiger partial charge in [0.05, 0.1) is 11.8 Å². The Morgan fingerprint density at radius 2 is 1.71 bits per heavy atom. The fraction of sp³-hybridized carbons (Fsp3) is 0.294. The van der Waals surface area contributed by atoms with Gasteiger partial charge in [-0.05, 0) is 24.3 Å². The number of nitrogens with one attached hydrogen (secondary N) is 1. The second kappa shape index (κ2) is 5.56. The number of carboxylic acids is 1. The lowest BCUT2D eigenvalue weighted by Gasteiger charge is -2.16. The summed E-state index contributed by atoms with van der Waals surface area (Å²) in [5.74, 6) is -2.04. The van der Waals surface area contributed by atoms with Crippen molar-refractivity contribution in [2.75, 3.05) is 5.32 Å². The largest absolute Gasteiger partial charge is 0.481 e. The zero-order chi connectivity index (χ0) is 14.8. The third-order valence-corrected chi connectivity index (χ3v) is 4.22. The van der Waals surface area contributed by atoms with Crippen molar-refractivity contribution < 1.29 is 14.7 Å². The molecule has 2 aromatic rings. The van der Waals surface area contributed by atoms with Crippen LogP contribution in [0.15, 0.2) is 42.5 Å². The molecule has 0 heterocycles. The van der Waals surface area contributed by atoms with Crippen molar-refractivity contribution in [2.45, 2.75) is 19.3 Å². The molecule has 0 bridgehead atoms. The molecule has 1 saturated carbocycles. The molecule has 0 spiro atoms. The maximum Gasteiger partial charge on any atom is 0.307 e. The highest BCUT2D eigenvalue weighted by Gasteiger charge is 2.37. The first-order valence-electron chi connectivity index (χ1n) is 7.18. The zero-order valence-electron chi connectivity index (χ0n) is 11.6. The number of anilines is 1. The molecule has 108 valence electrons. The number of carbonyl (C=O) groups is 2. The normalized spacial score (nSPS) is 21.3. The zero-order valence-corrected chi connectivity index (χ0v) is 11.6. The van der Waals surface area contributed by atoms with Crippen LogP contribution in [-0.4, -0.2) is 17.0 Å². The highest BCUT2D eigenvalue weighted by Crippen LogP contribution is 2.33. The lowest BCUT2D eigenvalue weighted by Crippen LogP contribution is -2.30. The number of carbonyl (C=O) groups excluding carboxylic acids is 1. The van der Waals surface area contributed by atoms with E-state index in [4.69, 9.17) is 0 Å². The molecule has 0 unspecified atom stereocenters. The van der Waals surface area contributed by atoms with E-state index in [1.54, 1.807) is 0 Å². The summed E-state index contributed by atoms with van der Waals surface area (Å²) >= 11 is 0. The Balaban J connectivity index is 1.85. The number of rotatable bonds is 3.